The predicted molar refractivity (Wildman–Crippen MR) is 86.6 cm³/mol. The topological polar surface area (TPSA) is 56.0 Å². The van der Waals surface area contributed by atoms with Crippen LogP contribution in [-0.4, -0.2) is 16.0 Å². The number of benzene rings is 1. The highest BCUT2D eigenvalue weighted by atomic mass is 16.5. The molecule has 0 aliphatic rings. The lowest BCUT2D eigenvalue weighted by Crippen LogP contribution is -1.94. The molecule has 0 radical (unpaired) electrons. The first-order valence-corrected chi connectivity index (χ1v) is 7.28. The van der Waals surface area contributed by atoms with Crippen molar-refractivity contribution in [2.75, 3.05) is 6.61 Å². The number of hydrogen-bond donors (Lipinski definition) is 0. The molecular weight excluding hydrogens is 278 g/mol. The molecule has 22 heavy (non-hydrogen) atoms. The van der Waals surface area contributed by atoms with E-state index in [9.17, 15) is 4.91 Å². The van der Waals surface area contributed by atoms with Crippen LogP contribution in [0.5, 0.6) is 5.75 Å². The van der Waals surface area contributed by atoms with Gasteiger partial charge < -0.3 is 4.74 Å². The Labute approximate surface area is 128 Å². The van der Waals surface area contributed by atoms with Gasteiger partial charge in [0.15, 0.2) is 0 Å². The van der Waals surface area contributed by atoms with Gasteiger partial charge in [-0.05, 0) is 60.5 Å². The smallest absolute Gasteiger partial charge is 0.209 e. The Morgan fingerprint density at radius 3 is 2.68 bits per heavy atom. The van der Waals surface area contributed by atoms with Crippen LogP contribution in [0.15, 0.2) is 47.8 Å². The van der Waals surface area contributed by atoms with E-state index in [1.54, 1.807) is 4.40 Å². The fourth-order valence-electron chi connectivity index (χ4n) is 2.34. The fraction of sp³-hybridized carbons (Fsp3) is 0.235. The SMILES string of the molecule is CCCOc1ccc(-c2nc3cc(C)ccn3c2N=O)cc1. The molecule has 0 atom stereocenters. The Balaban J connectivity index is 2.03. The third kappa shape index (κ3) is 2.57. The van der Waals surface area contributed by atoms with E-state index in [2.05, 4.69) is 17.1 Å². The van der Waals surface area contributed by atoms with Crippen molar-refractivity contribution in [2.45, 2.75) is 20.3 Å². The molecular formula is C17H17N3O2. The van der Waals surface area contributed by atoms with Crippen LogP contribution < -0.4 is 4.74 Å². The normalized spacial score (nSPS) is 10.8. The summed E-state index contributed by atoms with van der Waals surface area (Å²) in [6.07, 6.45) is 2.78. The molecule has 0 N–H and O–H groups in total. The Bertz CT molecular complexity index is 807. The molecule has 2 heterocycles. The summed E-state index contributed by atoms with van der Waals surface area (Å²) in [5.74, 6) is 1.13. The van der Waals surface area contributed by atoms with Gasteiger partial charge in [0.05, 0.1) is 6.61 Å². The Hall–Kier alpha value is -2.69. The lowest BCUT2D eigenvalue weighted by Gasteiger charge is -2.04. The van der Waals surface area contributed by atoms with Crippen LogP contribution in [0.25, 0.3) is 16.9 Å². The molecule has 5 heteroatoms. The Morgan fingerprint density at radius 2 is 2.00 bits per heavy atom. The van der Waals surface area contributed by atoms with E-state index < -0.39 is 0 Å². The summed E-state index contributed by atoms with van der Waals surface area (Å²) in [5.41, 5.74) is 3.24. The monoisotopic (exact) mass is 295 g/mol. The van der Waals surface area contributed by atoms with E-state index in [1.807, 2.05) is 49.5 Å². The van der Waals surface area contributed by atoms with Crippen molar-refractivity contribution >= 4 is 11.5 Å². The van der Waals surface area contributed by atoms with Crippen LogP contribution in [0.4, 0.5) is 5.82 Å². The van der Waals surface area contributed by atoms with Crippen molar-refractivity contribution < 1.29 is 4.74 Å². The number of aryl methyl sites for hydroxylation is 1. The molecule has 0 fully saturated rings. The lowest BCUT2D eigenvalue weighted by molar-refractivity contribution is 0.317. The minimum atomic E-state index is 0.317. The van der Waals surface area contributed by atoms with E-state index in [-0.39, 0.29) is 0 Å². The molecule has 0 unspecified atom stereocenters. The van der Waals surface area contributed by atoms with Crippen molar-refractivity contribution in [1.29, 1.82) is 0 Å². The molecule has 3 aromatic rings. The highest BCUT2D eigenvalue weighted by Gasteiger charge is 2.14. The van der Waals surface area contributed by atoms with Crippen LogP contribution in [-0.2, 0) is 0 Å². The maximum absolute atomic E-state index is 11.2. The summed E-state index contributed by atoms with van der Waals surface area (Å²) in [5, 5.41) is 3.16. The highest BCUT2D eigenvalue weighted by Crippen LogP contribution is 2.32. The molecule has 3 rings (SSSR count). The van der Waals surface area contributed by atoms with Gasteiger partial charge >= 0.3 is 0 Å². The minimum absolute atomic E-state index is 0.317. The molecule has 0 saturated carbocycles. The van der Waals surface area contributed by atoms with E-state index in [1.165, 1.54) is 0 Å². The summed E-state index contributed by atoms with van der Waals surface area (Å²) in [6, 6.07) is 11.4. The molecule has 0 saturated heterocycles. The molecule has 1 aromatic carbocycles. The summed E-state index contributed by atoms with van der Waals surface area (Å²) >= 11 is 0. The Morgan fingerprint density at radius 1 is 1.23 bits per heavy atom. The van der Waals surface area contributed by atoms with Crippen LogP contribution in [0.1, 0.15) is 18.9 Å². The number of hydrogen-bond acceptors (Lipinski definition) is 4. The van der Waals surface area contributed by atoms with Gasteiger partial charge in [0, 0.05) is 11.8 Å². The van der Waals surface area contributed by atoms with Crippen molar-refractivity contribution in [2.24, 2.45) is 5.18 Å². The first-order valence-electron chi connectivity index (χ1n) is 7.28. The summed E-state index contributed by atoms with van der Waals surface area (Å²) in [4.78, 5) is 15.8. The fourth-order valence-corrected chi connectivity index (χ4v) is 2.34. The molecule has 0 aliphatic carbocycles. The quantitative estimate of drug-likeness (QED) is 0.651. The van der Waals surface area contributed by atoms with Gasteiger partial charge in [-0.15, -0.1) is 4.91 Å². The first-order chi connectivity index (χ1) is 10.7. The highest BCUT2D eigenvalue weighted by molar-refractivity contribution is 5.75. The van der Waals surface area contributed by atoms with Gasteiger partial charge in [0.25, 0.3) is 0 Å². The van der Waals surface area contributed by atoms with E-state index in [4.69, 9.17) is 4.74 Å². The van der Waals surface area contributed by atoms with Gasteiger partial charge in [-0.1, -0.05) is 6.92 Å². The summed E-state index contributed by atoms with van der Waals surface area (Å²) in [7, 11) is 0. The zero-order chi connectivity index (χ0) is 15.5. The maximum atomic E-state index is 11.2. The second kappa shape index (κ2) is 5.97. The summed E-state index contributed by atoms with van der Waals surface area (Å²) in [6.45, 7) is 4.74. The van der Waals surface area contributed by atoms with Gasteiger partial charge in [0.1, 0.15) is 17.1 Å². The maximum Gasteiger partial charge on any atom is 0.209 e. The molecule has 2 aromatic heterocycles. The second-order valence-electron chi connectivity index (χ2n) is 5.18. The number of nitroso groups, excluding NO2 is 1. The molecule has 0 spiro atoms. The first kappa shape index (κ1) is 14.3. The van der Waals surface area contributed by atoms with E-state index in [0.29, 0.717) is 18.1 Å². The number of nitrogens with zero attached hydrogens (tertiary/aromatic N) is 3. The van der Waals surface area contributed by atoms with E-state index >= 15 is 0 Å². The number of imidazole rings is 1. The van der Waals surface area contributed by atoms with Crippen LogP contribution in [0.3, 0.4) is 0 Å². The minimum Gasteiger partial charge on any atom is -0.494 e. The van der Waals surface area contributed by atoms with Gasteiger partial charge in [-0.25, -0.2) is 4.98 Å². The number of fused-ring (bicyclic) bond motifs is 1. The van der Waals surface area contributed by atoms with Crippen molar-refractivity contribution in [3.8, 4) is 17.0 Å². The van der Waals surface area contributed by atoms with Gasteiger partial charge in [-0.3, -0.25) is 4.40 Å². The third-order valence-electron chi connectivity index (χ3n) is 3.44. The van der Waals surface area contributed by atoms with Crippen LogP contribution >= 0.6 is 0 Å². The molecule has 112 valence electrons. The zero-order valence-electron chi connectivity index (χ0n) is 12.6. The average Bonchev–Trinajstić information content (AvgIpc) is 2.90. The molecule has 0 bridgehead atoms. The average molecular weight is 295 g/mol. The number of pyridine rings is 1. The molecule has 5 nitrogen and oxygen atoms in total. The van der Waals surface area contributed by atoms with Crippen molar-refractivity contribution in [3.63, 3.8) is 0 Å². The van der Waals surface area contributed by atoms with Crippen molar-refractivity contribution in [1.82, 2.24) is 9.38 Å². The lowest BCUT2D eigenvalue weighted by atomic mass is 10.1. The third-order valence-corrected chi connectivity index (χ3v) is 3.44. The second-order valence-corrected chi connectivity index (χ2v) is 5.18. The summed E-state index contributed by atoms with van der Waals surface area (Å²) < 4.78 is 7.27. The van der Waals surface area contributed by atoms with Crippen LogP contribution in [0.2, 0.25) is 0 Å². The molecule has 0 amide bonds. The Kier molecular flexibility index (Phi) is 3.87. The van der Waals surface area contributed by atoms with Gasteiger partial charge in [-0.2, -0.15) is 0 Å². The largest absolute Gasteiger partial charge is 0.494 e. The predicted octanol–water partition coefficient (Wildman–Crippen LogP) is 4.50. The zero-order valence-corrected chi connectivity index (χ0v) is 12.6. The van der Waals surface area contributed by atoms with E-state index in [0.717, 1.165) is 28.9 Å². The number of rotatable bonds is 5. The van der Waals surface area contributed by atoms with Crippen LogP contribution in [0, 0.1) is 11.8 Å². The van der Waals surface area contributed by atoms with Gasteiger partial charge in [0.2, 0.25) is 5.82 Å². The molecule has 0 aliphatic heterocycles. The number of aromatic nitrogens is 2. The number of ether oxygens (including phenoxy) is 1. The van der Waals surface area contributed by atoms with Crippen molar-refractivity contribution in [3.05, 3.63) is 53.1 Å². The standard InChI is InChI=1S/C17H17N3O2/c1-3-10-22-14-6-4-13(5-7-14)16-17(19-21)20-9-8-12(2)11-15(20)18-16/h4-9,11H,3,10H2,1-2H3.